The first kappa shape index (κ1) is 16.3. The highest BCUT2D eigenvalue weighted by Gasteiger charge is 2.27. The van der Waals surface area contributed by atoms with Crippen LogP contribution in [0.5, 0.6) is 0 Å². The fourth-order valence-electron chi connectivity index (χ4n) is 2.33. The lowest BCUT2D eigenvalue weighted by Gasteiger charge is -2.37. The van der Waals surface area contributed by atoms with Crippen LogP contribution in [0.4, 0.5) is 0 Å². The summed E-state index contributed by atoms with van der Waals surface area (Å²) in [7, 11) is 0. The number of carbonyl (C=O) groups is 1. The molecular formula is C16H19Cl2NO2. The molecule has 1 fully saturated rings. The zero-order chi connectivity index (χ0) is 15.2. The molecule has 1 aliphatic carbocycles. The van der Waals surface area contributed by atoms with Crippen molar-refractivity contribution in [1.82, 2.24) is 4.90 Å². The molecule has 0 atom stereocenters. The van der Waals surface area contributed by atoms with Crippen LogP contribution >= 0.6 is 23.2 Å². The number of benzene rings is 1. The second-order valence-electron chi connectivity index (χ2n) is 5.16. The number of nitrogens with zero attached hydrogens (tertiary/aromatic N) is 1. The second kappa shape index (κ2) is 7.83. The van der Waals surface area contributed by atoms with E-state index in [0.29, 0.717) is 34.6 Å². The van der Waals surface area contributed by atoms with Gasteiger partial charge in [0.15, 0.2) is 0 Å². The fraction of sp³-hybridized carbons (Fsp3) is 0.438. The topological polar surface area (TPSA) is 40.5 Å². The Labute approximate surface area is 135 Å². The highest BCUT2D eigenvalue weighted by molar-refractivity contribution is 6.37. The van der Waals surface area contributed by atoms with E-state index in [1.54, 1.807) is 24.3 Å². The number of aliphatic hydroxyl groups excluding tert-OH is 1. The van der Waals surface area contributed by atoms with Gasteiger partial charge in [-0.15, -0.1) is 0 Å². The number of halogens is 2. The Kier molecular flexibility index (Phi) is 6.09. The van der Waals surface area contributed by atoms with Gasteiger partial charge in [-0.25, -0.2) is 0 Å². The van der Waals surface area contributed by atoms with Crippen LogP contribution in [0.1, 0.15) is 31.2 Å². The quantitative estimate of drug-likeness (QED) is 0.808. The second-order valence-corrected chi connectivity index (χ2v) is 5.98. The van der Waals surface area contributed by atoms with Crippen molar-refractivity contribution in [2.75, 3.05) is 13.2 Å². The van der Waals surface area contributed by atoms with Crippen LogP contribution in [-0.2, 0) is 4.79 Å². The lowest BCUT2D eigenvalue weighted by molar-refractivity contribution is -0.130. The van der Waals surface area contributed by atoms with Gasteiger partial charge >= 0.3 is 0 Å². The van der Waals surface area contributed by atoms with E-state index in [1.165, 1.54) is 6.08 Å². The molecule has 1 N–H and O–H groups in total. The molecule has 5 heteroatoms. The molecule has 3 nitrogen and oxygen atoms in total. The van der Waals surface area contributed by atoms with Crippen LogP contribution in [0.2, 0.25) is 10.0 Å². The number of amides is 1. The van der Waals surface area contributed by atoms with Crippen molar-refractivity contribution < 1.29 is 9.90 Å². The molecular weight excluding hydrogens is 309 g/mol. The third-order valence-corrected chi connectivity index (χ3v) is 4.41. The minimum Gasteiger partial charge on any atom is -0.396 e. The molecule has 114 valence electrons. The molecule has 2 rings (SSSR count). The Hall–Kier alpha value is -1.03. The average molecular weight is 328 g/mol. The zero-order valence-corrected chi connectivity index (χ0v) is 13.3. The van der Waals surface area contributed by atoms with Gasteiger partial charge in [0.2, 0.25) is 5.91 Å². The molecule has 0 unspecified atom stereocenters. The summed E-state index contributed by atoms with van der Waals surface area (Å²) in [5.74, 6) is -0.0517. The van der Waals surface area contributed by atoms with E-state index in [2.05, 4.69) is 0 Å². The number of hydrogen-bond acceptors (Lipinski definition) is 2. The van der Waals surface area contributed by atoms with Gasteiger partial charge in [-0.1, -0.05) is 29.3 Å². The van der Waals surface area contributed by atoms with E-state index in [4.69, 9.17) is 28.3 Å². The van der Waals surface area contributed by atoms with Gasteiger partial charge in [0, 0.05) is 40.9 Å². The van der Waals surface area contributed by atoms with E-state index in [0.717, 1.165) is 19.3 Å². The first-order valence-corrected chi connectivity index (χ1v) is 7.92. The highest BCUT2D eigenvalue weighted by atomic mass is 35.5. The van der Waals surface area contributed by atoms with Crippen molar-refractivity contribution in [3.63, 3.8) is 0 Å². The van der Waals surface area contributed by atoms with E-state index in [-0.39, 0.29) is 12.5 Å². The van der Waals surface area contributed by atoms with Crippen molar-refractivity contribution in [2.45, 2.75) is 31.7 Å². The first-order valence-electron chi connectivity index (χ1n) is 7.17. The predicted octanol–water partition coefficient (Wildman–Crippen LogP) is 3.77. The molecule has 0 aliphatic heterocycles. The van der Waals surface area contributed by atoms with Gasteiger partial charge in [-0.2, -0.15) is 0 Å². The molecule has 0 spiro atoms. The van der Waals surface area contributed by atoms with Crippen molar-refractivity contribution in [3.05, 3.63) is 39.9 Å². The minimum atomic E-state index is -0.0517. The SMILES string of the molecule is O=C(/C=C/c1c(Cl)cccc1Cl)N(CCCO)C1CCC1. The largest absolute Gasteiger partial charge is 0.396 e. The molecule has 1 aromatic rings. The van der Waals surface area contributed by atoms with E-state index >= 15 is 0 Å². The summed E-state index contributed by atoms with van der Waals surface area (Å²) in [5, 5.41) is 10.0. The monoisotopic (exact) mass is 327 g/mol. The summed E-state index contributed by atoms with van der Waals surface area (Å²) in [6, 6.07) is 5.56. The van der Waals surface area contributed by atoms with Crippen LogP contribution in [-0.4, -0.2) is 35.1 Å². The fourth-order valence-corrected chi connectivity index (χ4v) is 2.86. The zero-order valence-electron chi connectivity index (χ0n) is 11.8. The normalized spacial score (nSPS) is 15.2. The summed E-state index contributed by atoms with van der Waals surface area (Å²) in [6.45, 7) is 0.678. The molecule has 0 heterocycles. The summed E-state index contributed by atoms with van der Waals surface area (Å²) in [6.07, 6.45) is 7.02. The van der Waals surface area contributed by atoms with Gasteiger partial charge in [0.05, 0.1) is 0 Å². The summed E-state index contributed by atoms with van der Waals surface area (Å²) >= 11 is 12.2. The van der Waals surface area contributed by atoms with Crippen molar-refractivity contribution in [2.24, 2.45) is 0 Å². The maximum atomic E-state index is 12.4. The van der Waals surface area contributed by atoms with E-state index < -0.39 is 0 Å². The summed E-state index contributed by atoms with van der Waals surface area (Å²) in [5.41, 5.74) is 0.657. The number of aliphatic hydroxyl groups is 1. The smallest absolute Gasteiger partial charge is 0.246 e. The van der Waals surface area contributed by atoms with Crippen LogP contribution in [0.15, 0.2) is 24.3 Å². The van der Waals surface area contributed by atoms with Crippen molar-refractivity contribution in [3.8, 4) is 0 Å². The minimum absolute atomic E-state index is 0.0517. The number of carbonyl (C=O) groups excluding carboxylic acids is 1. The van der Waals surface area contributed by atoms with Gasteiger partial charge in [-0.05, 0) is 43.9 Å². The van der Waals surface area contributed by atoms with Gasteiger partial charge < -0.3 is 10.0 Å². The highest BCUT2D eigenvalue weighted by Crippen LogP contribution is 2.27. The molecule has 0 aromatic heterocycles. The third-order valence-electron chi connectivity index (χ3n) is 3.75. The molecule has 21 heavy (non-hydrogen) atoms. The maximum Gasteiger partial charge on any atom is 0.246 e. The molecule has 1 aromatic carbocycles. The van der Waals surface area contributed by atoms with Crippen LogP contribution in [0.25, 0.3) is 6.08 Å². The Balaban J connectivity index is 2.08. The van der Waals surface area contributed by atoms with Crippen LogP contribution in [0, 0.1) is 0 Å². The van der Waals surface area contributed by atoms with Crippen LogP contribution in [0.3, 0.4) is 0 Å². The molecule has 1 aliphatic rings. The molecule has 1 amide bonds. The molecule has 0 bridgehead atoms. The van der Waals surface area contributed by atoms with Gasteiger partial charge in [-0.3, -0.25) is 4.79 Å². The van der Waals surface area contributed by atoms with Gasteiger partial charge in [0.1, 0.15) is 0 Å². The number of hydrogen-bond donors (Lipinski definition) is 1. The van der Waals surface area contributed by atoms with Crippen molar-refractivity contribution >= 4 is 35.2 Å². The average Bonchev–Trinajstić information content (AvgIpc) is 2.40. The Morgan fingerprint density at radius 1 is 1.33 bits per heavy atom. The predicted molar refractivity (Wildman–Crippen MR) is 86.6 cm³/mol. The number of rotatable bonds is 6. The standard InChI is InChI=1S/C16H19Cl2NO2/c17-14-6-2-7-15(18)13(14)8-9-16(21)19(10-3-11-20)12-4-1-5-12/h2,6-9,12,20H,1,3-5,10-11H2/b9-8+. The summed E-state index contributed by atoms with van der Waals surface area (Å²) < 4.78 is 0. The maximum absolute atomic E-state index is 12.4. The Bertz CT molecular complexity index is 507. The summed E-state index contributed by atoms with van der Waals surface area (Å²) in [4.78, 5) is 14.2. The van der Waals surface area contributed by atoms with Gasteiger partial charge in [0.25, 0.3) is 0 Å². The van der Waals surface area contributed by atoms with Crippen LogP contribution < -0.4 is 0 Å². The Morgan fingerprint density at radius 3 is 2.52 bits per heavy atom. The van der Waals surface area contributed by atoms with E-state index in [1.807, 2.05) is 4.90 Å². The van der Waals surface area contributed by atoms with E-state index in [9.17, 15) is 4.79 Å². The lowest BCUT2D eigenvalue weighted by Crippen LogP contribution is -2.44. The molecule has 0 saturated heterocycles. The lowest BCUT2D eigenvalue weighted by atomic mass is 9.91. The van der Waals surface area contributed by atoms with Crippen molar-refractivity contribution in [1.29, 1.82) is 0 Å². The molecule has 1 saturated carbocycles. The molecule has 0 radical (unpaired) electrons. The Morgan fingerprint density at radius 2 is 2.00 bits per heavy atom. The third kappa shape index (κ3) is 4.22. The first-order chi connectivity index (χ1) is 10.1.